The quantitative estimate of drug-likeness (QED) is 0.790. The Balaban J connectivity index is 2.55. The summed E-state index contributed by atoms with van der Waals surface area (Å²) in [5.74, 6) is -0.711. The van der Waals surface area contributed by atoms with Crippen LogP contribution in [0.4, 0.5) is 4.79 Å². The Morgan fingerprint density at radius 3 is 2.74 bits per heavy atom. The molecule has 2 atom stereocenters. The first-order valence-electron chi connectivity index (χ1n) is 6.75. The van der Waals surface area contributed by atoms with Crippen LogP contribution < -0.4 is 0 Å². The fraction of sp³-hybridized carbons (Fsp3) is 0.846. The summed E-state index contributed by atoms with van der Waals surface area (Å²) in [7, 11) is 1.62. The van der Waals surface area contributed by atoms with Gasteiger partial charge in [-0.1, -0.05) is 0 Å². The molecule has 1 fully saturated rings. The first-order chi connectivity index (χ1) is 8.99. The van der Waals surface area contributed by atoms with Gasteiger partial charge in [-0.15, -0.1) is 0 Å². The monoisotopic (exact) mass is 272 g/mol. The number of carboxylic acids is 1. The Morgan fingerprint density at radius 1 is 1.53 bits per heavy atom. The van der Waals surface area contributed by atoms with Gasteiger partial charge in [-0.3, -0.25) is 4.79 Å². The highest BCUT2D eigenvalue weighted by molar-refractivity contribution is 5.75. The lowest BCUT2D eigenvalue weighted by molar-refractivity contribution is -0.138. The molecule has 19 heavy (non-hydrogen) atoms. The third-order valence-corrected chi connectivity index (χ3v) is 3.55. The standard InChI is InChI=1S/C13H24N2O4/c1-4-15(10(2)9-19-3)13(18)14-6-5-11(8-14)7-12(16)17/h10-11H,4-9H2,1-3H3,(H,16,17). The van der Waals surface area contributed by atoms with Crippen LogP contribution in [0.25, 0.3) is 0 Å². The van der Waals surface area contributed by atoms with Crippen molar-refractivity contribution in [3.8, 4) is 0 Å². The molecule has 0 aromatic carbocycles. The highest BCUT2D eigenvalue weighted by atomic mass is 16.5. The van der Waals surface area contributed by atoms with Crippen LogP contribution in [0.3, 0.4) is 0 Å². The molecule has 0 bridgehead atoms. The molecule has 110 valence electrons. The molecule has 0 aromatic heterocycles. The molecule has 0 aromatic rings. The van der Waals surface area contributed by atoms with Crippen LogP contribution in [-0.4, -0.2) is 66.3 Å². The zero-order valence-electron chi connectivity index (χ0n) is 12.0. The number of carboxylic acid groups (broad SMARTS) is 1. The van der Waals surface area contributed by atoms with Crippen LogP contribution in [0.15, 0.2) is 0 Å². The maximum atomic E-state index is 12.4. The van der Waals surface area contributed by atoms with E-state index in [4.69, 9.17) is 9.84 Å². The smallest absolute Gasteiger partial charge is 0.320 e. The second-order valence-corrected chi connectivity index (χ2v) is 5.07. The van der Waals surface area contributed by atoms with Gasteiger partial charge in [-0.05, 0) is 26.2 Å². The summed E-state index contributed by atoms with van der Waals surface area (Å²) < 4.78 is 5.08. The van der Waals surface area contributed by atoms with E-state index in [-0.39, 0.29) is 24.4 Å². The molecule has 0 radical (unpaired) electrons. The van der Waals surface area contributed by atoms with Gasteiger partial charge in [0.15, 0.2) is 0 Å². The minimum atomic E-state index is -0.792. The van der Waals surface area contributed by atoms with E-state index < -0.39 is 5.97 Å². The second-order valence-electron chi connectivity index (χ2n) is 5.07. The van der Waals surface area contributed by atoms with Gasteiger partial charge in [0, 0.05) is 33.2 Å². The molecule has 1 saturated heterocycles. The maximum Gasteiger partial charge on any atom is 0.320 e. The summed E-state index contributed by atoms with van der Waals surface area (Å²) in [6, 6.07) is 0.0148. The highest BCUT2D eigenvalue weighted by Gasteiger charge is 2.31. The predicted octanol–water partition coefficient (Wildman–Crippen LogP) is 1.26. The van der Waals surface area contributed by atoms with Crippen LogP contribution in [-0.2, 0) is 9.53 Å². The van der Waals surface area contributed by atoms with E-state index in [0.717, 1.165) is 6.42 Å². The molecule has 1 aliphatic rings. The fourth-order valence-corrected chi connectivity index (χ4v) is 2.57. The van der Waals surface area contributed by atoms with Crippen molar-refractivity contribution in [2.24, 2.45) is 5.92 Å². The minimum Gasteiger partial charge on any atom is -0.481 e. The Hall–Kier alpha value is -1.30. The molecule has 2 amide bonds. The molecule has 1 heterocycles. The van der Waals surface area contributed by atoms with Crippen LogP contribution in [0.1, 0.15) is 26.7 Å². The number of methoxy groups -OCH3 is 1. The number of rotatable bonds is 6. The van der Waals surface area contributed by atoms with Crippen LogP contribution in [0.2, 0.25) is 0 Å². The summed E-state index contributed by atoms with van der Waals surface area (Å²) in [4.78, 5) is 26.6. The number of ether oxygens (including phenoxy) is 1. The Kier molecular flexibility index (Phi) is 6.08. The van der Waals surface area contributed by atoms with Crippen molar-refractivity contribution in [2.75, 3.05) is 33.4 Å². The molecule has 2 unspecified atom stereocenters. The van der Waals surface area contributed by atoms with E-state index in [9.17, 15) is 9.59 Å². The third kappa shape index (κ3) is 4.38. The minimum absolute atomic E-state index is 0.0139. The number of likely N-dealkylation sites (tertiary alicyclic amines) is 1. The van der Waals surface area contributed by atoms with Crippen molar-refractivity contribution in [1.82, 2.24) is 9.80 Å². The summed E-state index contributed by atoms with van der Waals surface area (Å²) in [5, 5.41) is 8.78. The molecule has 1 aliphatic heterocycles. The lowest BCUT2D eigenvalue weighted by Gasteiger charge is -2.31. The maximum absolute atomic E-state index is 12.4. The summed E-state index contributed by atoms with van der Waals surface area (Å²) in [6.45, 7) is 6.22. The SMILES string of the molecule is CCN(C(=O)N1CCC(CC(=O)O)C1)C(C)COC. The molecule has 1 rings (SSSR count). The third-order valence-electron chi connectivity index (χ3n) is 3.55. The Labute approximate surface area is 114 Å². The zero-order valence-corrected chi connectivity index (χ0v) is 12.0. The number of likely N-dealkylation sites (N-methyl/N-ethyl adjacent to an activating group) is 1. The Bertz CT molecular complexity index is 322. The molecule has 0 saturated carbocycles. The van der Waals surface area contributed by atoms with Crippen molar-refractivity contribution in [3.05, 3.63) is 0 Å². The van der Waals surface area contributed by atoms with Crippen molar-refractivity contribution in [3.63, 3.8) is 0 Å². The summed E-state index contributed by atoms with van der Waals surface area (Å²) in [5.41, 5.74) is 0. The number of hydrogen-bond acceptors (Lipinski definition) is 3. The van der Waals surface area contributed by atoms with E-state index in [0.29, 0.717) is 26.2 Å². The number of carbonyl (C=O) groups is 2. The van der Waals surface area contributed by atoms with Crippen molar-refractivity contribution >= 4 is 12.0 Å². The topological polar surface area (TPSA) is 70.1 Å². The molecule has 6 heteroatoms. The zero-order chi connectivity index (χ0) is 14.4. The first kappa shape index (κ1) is 15.8. The van der Waals surface area contributed by atoms with E-state index in [2.05, 4.69) is 0 Å². The van der Waals surface area contributed by atoms with Gasteiger partial charge < -0.3 is 19.6 Å². The number of nitrogens with zero attached hydrogens (tertiary/aromatic N) is 2. The van der Waals surface area contributed by atoms with Gasteiger partial charge in [0.05, 0.1) is 12.6 Å². The number of carbonyl (C=O) groups excluding carboxylic acids is 1. The summed E-state index contributed by atoms with van der Waals surface area (Å²) >= 11 is 0. The number of amides is 2. The van der Waals surface area contributed by atoms with Crippen LogP contribution in [0.5, 0.6) is 0 Å². The van der Waals surface area contributed by atoms with E-state index >= 15 is 0 Å². The van der Waals surface area contributed by atoms with Gasteiger partial charge in [0.2, 0.25) is 0 Å². The largest absolute Gasteiger partial charge is 0.481 e. The van der Waals surface area contributed by atoms with Gasteiger partial charge in [-0.2, -0.15) is 0 Å². The average molecular weight is 272 g/mol. The average Bonchev–Trinajstić information content (AvgIpc) is 2.77. The molecular formula is C13H24N2O4. The van der Waals surface area contributed by atoms with Gasteiger partial charge in [0.25, 0.3) is 0 Å². The van der Waals surface area contributed by atoms with E-state index in [1.165, 1.54) is 0 Å². The first-order valence-corrected chi connectivity index (χ1v) is 6.75. The lowest BCUT2D eigenvalue weighted by Crippen LogP contribution is -2.47. The Morgan fingerprint density at radius 2 is 2.21 bits per heavy atom. The van der Waals surface area contributed by atoms with E-state index in [1.807, 2.05) is 13.8 Å². The predicted molar refractivity (Wildman–Crippen MR) is 71.0 cm³/mol. The molecule has 0 spiro atoms. The molecule has 6 nitrogen and oxygen atoms in total. The van der Waals surface area contributed by atoms with Crippen molar-refractivity contribution in [2.45, 2.75) is 32.7 Å². The molecule has 1 N–H and O–H groups in total. The summed E-state index contributed by atoms with van der Waals surface area (Å²) in [6.07, 6.45) is 0.914. The number of urea groups is 1. The van der Waals surface area contributed by atoms with Gasteiger partial charge in [-0.25, -0.2) is 4.79 Å². The normalized spacial score (nSPS) is 20.4. The van der Waals surface area contributed by atoms with E-state index in [1.54, 1.807) is 16.9 Å². The van der Waals surface area contributed by atoms with Crippen LogP contribution >= 0.6 is 0 Å². The number of hydrogen-bond donors (Lipinski definition) is 1. The van der Waals surface area contributed by atoms with Crippen molar-refractivity contribution in [1.29, 1.82) is 0 Å². The molecular weight excluding hydrogens is 248 g/mol. The lowest BCUT2D eigenvalue weighted by atomic mass is 10.1. The van der Waals surface area contributed by atoms with Crippen molar-refractivity contribution < 1.29 is 19.4 Å². The second kappa shape index (κ2) is 7.33. The number of aliphatic carboxylic acids is 1. The van der Waals surface area contributed by atoms with Gasteiger partial charge >= 0.3 is 12.0 Å². The highest BCUT2D eigenvalue weighted by Crippen LogP contribution is 2.21. The van der Waals surface area contributed by atoms with Crippen LogP contribution in [0, 0.1) is 5.92 Å². The molecule has 0 aliphatic carbocycles. The van der Waals surface area contributed by atoms with Gasteiger partial charge in [0.1, 0.15) is 0 Å². The fourth-order valence-electron chi connectivity index (χ4n) is 2.57.